The molecule has 1 amide bonds. The maximum absolute atomic E-state index is 14.0. The Labute approximate surface area is 161 Å². The molecular weight excluding hydrogens is 386 g/mol. The van der Waals surface area contributed by atoms with Crippen LogP contribution in [0.3, 0.4) is 0 Å². The predicted octanol–water partition coefficient (Wildman–Crippen LogP) is 4.04. The van der Waals surface area contributed by atoms with Crippen molar-refractivity contribution in [3.8, 4) is 0 Å². The molecule has 1 N–H and O–H groups in total. The first kappa shape index (κ1) is 19.5. The lowest BCUT2D eigenvalue weighted by molar-refractivity contribution is 0.102. The summed E-state index contributed by atoms with van der Waals surface area (Å²) in [5.41, 5.74) is 0.346. The van der Waals surface area contributed by atoms with Crippen molar-refractivity contribution in [3.05, 3.63) is 90.0 Å². The largest absolute Gasteiger partial charge is 0.322 e. The van der Waals surface area contributed by atoms with E-state index in [0.717, 1.165) is 10.4 Å². The van der Waals surface area contributed by atoms with Crippen LogP contribution in [0.4, 0.5) is 20.2 Å². The topological polar surface area (TPSA) is 66.5 Å². The summed E-state index contributed by atoms with van der Waals surface area (Å²) in [6.07, 6.45) is 0. The van der Waals surface area contributed by atoms with Gasteiger partial charge in [0.1, 0.15) is 11.6 Å². The molecule has 0 bridgehead atoms. The zero-order valence-corrected chi connectivity index (χ0v) is 15.6. The van der Waals surface area contributed by atoms with E-state index >= 15 is 0 Å². The maximum atomic E-state index is 14.0. The third-order valence-electron chi connectivity index (χ3n) is 4.05. The molecule has 0 aliphatic rings. The Hall–Kier alpha value is -3.26. The second-order valence-corrected chi connectivity index (χ2v) is 7.88. The number of nitrogens with one attached hydrogen (secondary N) is 1. The number of hydrogen-bond donors (Lipinski definition) is 1. The Bertz CT molecular complexity index is 1120. The number of nitrogens with zero attached hydrogens (tertiary/aromatic N) is 1. The van der Waals surface area contributed by atoms with Crippen LogP contribution in [-0.2, 0) is 10.0 Å². The lowest BCUT2D eigenvalue weighted by Crippen LogP contribution is -2.27. The molecule has 3 aromatic carbocycles. The molecule has 0 radical (unpaired) electrons. The lowest BCUT2D eigenvalue weighted by Gasteiger charge is -2.20. The van der Waals surface area contributed by atoms with Crippen molar-refractivity contribution < 1.29 is 22.0 Å². The molecule has 144 valence electrons. The third-order valence-corrected chi connectivity index (χ3v) is 5.82. The van der Waals surface area contributed by atoms with Gasteiger partial charge in [-0.25, -0.2) is 17.2 Å². The van der Waals surface area contributed by atoms with Crippen molar-refractivity contribution in [3.63, 3.8) is 0 Å². The molecule has 0 unspecified atom stereocenters. The van der Waals surface area contributed by atoms with E-state index in [4.69, 9.17) is 0 Å². The van der Waals surface area contributed by atoms with Gasteiger partial charge in [0, 0.05) is 18.3 Å². The molecule has 0 fully saturated rings. The zero-order chi connectivity index (χ0) is 20.3. The van der Waals surface area contributed by atoms with Gasteiger partial charge >= 0.3 is 0 Å². The Morgan fingerprint density at radius 1 is 0.929 bits per heavy atom. The normalized spacial score (nSPS) is 11.1. The Balaban J connectivity index is 1.88. The average Bonchev–Trinajstić information content (AvgIpc) is 2.69. The molecule has 0 saturated carbocycles. The van der Waals surface area contributed by atoms with Crippen molar-refractivity contribution in [1.82, 2.24) is 0 Å². The summed E-state index contributed by atoms with van der Waals surface area (Å²) in [5.74, 6) is -1.68. The number of rotatable bonds is 5. The molecular formula is C20H16F2N2O3S. The van der Waals surface area contributed by atoms with E-state index in [1.54, 1.807) is 0 Å². The Morgan fingerprint density at radius 3 is 2.29 bits per heavy atom. The minimum atomic E-state index is -4.09. The summed E-state index contributed by atoms with van der Waals surface area (Å²) in [4.78, 5) is 12.2. The van der Waals surface area contributed by atoms with Gasteiger partial charge in [0.2, 0.25) is 0 Å². The van der Waals surface area contributed by atoms with Crippen LogP contribution in [0.25, 0.3) is 0 Å². The van der Waals surface area contributed by atoms with Crippen LogP contribution >= 0.6 is 0 Å². The number of halogens is 2. The molecule has 0 aliphatic heterocycles. The first-order chi connectivity index (χ1) is 13.3. The number of carbonyl (C=O) groups is 1. The molecule has 0 atom stereocenters. The SMILES string of the molecule is CN(c1ccccc1F)S(=O)(=O)c1cccc(C(=O)Nc2ccc(F)cc2)c1. The highest BCUT2D eigenvalue weighted by Crippen LogP contribution is 2.25. The molecule has 0 heterocycles. The number of para-hydroxylation sites is 1. The van der Waals surface area contributed by atoms with Gasteiger partial charge < -0.3 is 5.32 Å². The van der Waals surface area contributed by atoms with Gasteiger partial charge in [0.15, 0.2) is 0 Å². The molecule has 0 aromatic heterocycles. The monoisotopic (exact) mass is 402 g/mol. The van der Waals surface area contributed by atoms with Gasteiger partial charge in [-0.15, -0.1) is 0 Å². The van der Waals surface area contributed by atoms with Gasteiger partial charge in [-0.2, -0.15) is 0 Å². The summed E-state index contributed by atoms with van der Waals surface area (Å²) >= 11 is 0. The number of hydrogen-bond acceptors (Lipinski definition) is 3. The molecule has 0 spiro atoms. The highest BCUT2D eigenvalue weighted by atomic mass is 32.2. The molecule has 0 aliphatic carbocycles. The molecule has 0 saturated heterocycles. The van der Waals surface area contributed by atoms with E-state index in [0.29, 0.717) is 5.69 Å². The number of benzene rings is 3. The minimum absolute atomic E-state index is 0.0901. The van der Waals surface area contributed by atoms with Gasteiger partial charge in [0.25, 0.3) is 15.9 Å². The van der Waals surface area contributed by atoms with Crippen LogP contribution < -0.4 is 9.62 Å². The van der Waals surface area contributed by atoms with E-state index in [9.17, 15) is 22.0 Å². The van der Waals surface area contributed by atoms with Crippen LogP contribution in [0.15, 0.2) is 77.7 Å². The van der Waals surface area contributed by atoms with E-state index in [2.05, 4.69) is 5.32 Å². The fourth-order valence-corrected chi connectivity index (χ4v) is 3.78. The summed E-state index contributed by atoms with van der Waals surface area (Å²) < 4.78 is 53.4. The van der Waals surface area contributed by atoms with Crippen LogP contribution in [0, 0.1) is 11.6 Å². The number of sulfonamides is 1. The summed E-state index contributed by atoms with van der Waals surface area (Å²) in [6, 6.07) is 16.0. The molecule has 8 heteroatoms. The summed E-state index contributed by atoms with van der Waals surface area (Å²) in [5, 5.41) is 2.56. The fourth-order valence-electron chi connectivity index (χ4n) is 2.53. The van der Waals surface area contributed by atoms with Gasteiger partial charge in [-0.05, 0) is 54.6 Å². The second kappa shape index (κ2) is 7.77. The van der Waals surface area contributed by atoms with Crippen LogP contribution in [0.1, 0.15) is 10.4 Å². The smallest absolute Gasteiger partial charge is 0.264 e. The van der Waals surface area contributed by atoms with Gasteiger partial charge in [-0.3, -0.25) is 9.10 Å². The fraction of sp³-hybridized carbons (Fsp3) is 0.0500. The van der Waals surface area contributed by atoms with Crippen molar-refractivity contribution in [2.45, 2.75) is 4.90 Å². The maximum Gasteiger partial charge on any atom is 0.264 e. The quantitative estimate of drug-likeness (QED) is 0.700. The molecule has 5 nitrogen and oxygen atoms in total. The Morgan fingerprint density at radius 2 is 1.61 bits per heavy atom. The standard InChI is InChI=1S/C20H16F2N2O3S/c1-24(19-8-3-2-7-18(19)22)28(26,27)17-6-4-5-14(13-17)20(25)23-16-11-9-15(21)10-12-16/h2-13H,1H3,(H,23,25). The van der Waals surface area contributed by atoms with Gasteiger partial charge in [0.05, 0.1) is 10.6 Å². The van der Waals surface area contributed by atoms with E-state index in [1.165, 1.54) is 73.8 Å². The first-order valence-corrected chi connectivity index (χ1v) is 9.63. The average molecular weight is 402 g/mol. The molecule has 3 aromatic rings. The van der Waals surface area contributed by atoms with Crippen molar-refractivity contribution in [1.29, 1.82) is 0 Å². The van der Waals surface area contributed by atoms with Crippen LogP contribution in [0.2, 0.25) is 0 Å². The summed E-state index contributed by atoms with van der Waals surface area (Å²) in [7, 11) is -2.85. The predicted molar refractivity (Wildman–Crippen MR) is 103 cm³/mol. The number of carbonyl (C=O) groups excluding carboxylic acids is 1. The molecule has 28 heavy (non-hydrogen) atoms. The van der Waals surface area contributed by atoms with E-state index in [-0.39, 0.29) is 16.1 Å². The third kappa shape index (κ3) is 4.01. The van der Waals surface area contributed by atoms with Gasteiger partial charge in [-0.1, -0.05) is 18.2 Å². The molecule has 3 rings (SSSR count). The highest BCUT2D eigenvalue weighted by Gasteiger charge is 2.24. The van der Waals surface area contributed by atoms with Crippen molar-refractivity contribution in [2.24, 2.45) is 0 Å². The van der Waals surface area contributed by atoms with Crippen molar-refractivity contribution in [2.75, 3.05) is 16.7 Å². The highest BCUT2D eigenvalue weighted by molar-refractivity contribution is 7.92. The lowest BCUT2D eigenvalue weighted by atomic mass is 10.2. The van der Waals surface area contributed by atoms with E-state index < -0.39 is 27.6 Å². The minimum Gasteiger partial charge on any atom is -0.322 e. The first-order valence-electron chi connectivity index (χ1n) is 8.19. The van der Waals surface area contributed by atoms with Crippen LogP contribution in [0.5, 0.6) is 0 Å². The Kier molecular flexibility index (Phi) is 5.41. The second-order valence-electron chi connectivity index (χ2n) is 5.91. The van der Waals surface area contributed by atoms with Crippen LogP contribution in [-0.4, -0.2) is 21.4 Å². The summed E-state index contributed by atoms with van der Waals surface area (Å²) in [6.45, 7) is 0. The van der Waals surface area contributed by atoms with E-state index in [1.807, 2.05) is 0 Å². The number of anilines is 2. The zero-order valence-electron chi connectivity index (χ0n) is 14.8. The van der Waals surface area contributed by atoms with Crippen molar-refractivity contribution >= 4 is 27.3 Å². The number of amides is 1.